The van der Waals surface area contributed by atoms with Gasteiger partial charge in [0, 0.05) is 17.5 Å². The van der Waals surface area contributed by atoms with E-state index in [1.165, 1.54) is 12.1 Å². The van der Waals surface area contributed by atoms with Crippen molar-refractivity contribution in [3.63, 3.8) is 0 Å². The number of carboxylic acid groups (broad SMARTS) is 1. The molecule has 16 heavy (non-hydrogen) atoms. The van der Waals surface area contributed by atoms with Crippen LogP contribution >= 0.6 is 11.8 Å². The molecular weight excluding hydrogens is 229 g/mol. The van der Waals surface area contributed by atoms with E-state index < -0.39 is 11.8 Å². The molecule has 1 atom stereocenters. The second kappa shape index (κ2) is 5.86. The van der Waals surface area contributed by atoms with E-state index in [0.29, 0.717) is 17.5 Å². The fraction of sp³-hybridized carbons (Fsp3) is 0.364. The van der Waals surface area contributed by atoms with Gasteiger partial charge in [-0.3, -0.25) is 0 Å². The molecule has 0 aromatic heterocycles. The first kappa shape index (κ1) is 13.0. The largest absolute Gasteiger partial charge is 0.478 e. The van der Waals surface area contributed by atoms with E-state index in [2.05, 4.69) is 0 Å². The minimum absolute atomic E-state index is 0.291. The van der Waals surface area contributed by atoms with Crippen molar-refractivity contribution >= 4 is 17.7 Å². The van der Waals surface area contributed by atoms with Crippen LogP contribution in [0.2, 0.25) is 0 Å². The van der Waals surface area contributed by atoms with Gasteiger partial charge in [-0.25, -0.2) is 9.18 Å². The molecule has 0 bridgehead atoms. The minimum Gasteiger partial charge on any atom is -0.478 e. The molecular formula is C11H14FNO2S. The van der Waals surface area contributed by atoms with Crippen LogP contribution in [-0.2, 0) is 5.75 Å². The predicted octanol–water partition coefficient (Wildman–Crippen LogP) is 2.10. The summed E-state index contributed by atoms with van der Waals surface area (Å²) in [5.74, 6) is -1.30. The normalized spacial score (nSPS) is 12.4. The first-order valence-electron chi connectivity index (χ1n) is 4.88. The fourth-order valence-electron chi connectivity index (χ4n) is 1.13. The van der Waals surface area contributed by atoms with Crippen molar-refractivity contribution in [1.29, 1.82) is 0 Å². The molecule has 88 valence electrons. The highest BCUT2D eigenvalue weighted by molar-refractivity contribution is 7.99. The number of rotatable bonds is 5. The zero-order valence-electron chi connectivity index (χ0n) is 8.94. The Morgan fingerprint density at radius 1 is 1.62 bits per heavy atom. The van der Waals surface area contributed by atoms with Gasteiger partial charge in [0.1, 0.15) is 5.82 Å². The lowest BCUT2D eigenvalue weighted by Crippen LogP contribution is -2.12. The Morgan fingerprint density at radius 2 is 2.31 bits per heavy atom. The second-order valence-corrected chi connectivity index (χ2v) is 4.90. The average Bonchev–Trinajstić information content (AvgIpc) is 2.25. The summed E-state index contributed by atoms with van der Waals surface area (Å²) >= 11 is 1.61. The van der Waals surface area contributed by atoms with Crippen molar-refractivity contribution < 1.29 is 14.3 Å². The molecule has 1 aromatic rings. The number of aromatic carboxylic acids is 1. The zero-order chi connectivity index (χ0) is 12.1. The molecule has 0 saturated carbocycles. The highest BCUT2D eigenvalue weighted by atomic mass is 32.2. The van der Waals surface area contributed by atoms with Crippen molar-refractivity contribution in [3.8, 4) is 0 Å². The molecule has 0 amide bonds. The minimum atomic E-state index is -1.24. The molecule has 1 unspecified atom stereocenters. The van der Waals surface area contributed by atoms with Gasteiger partial charge in [0.25, 0.3) is 0 Å². The zero-order valence-corrected chi connectivity index (χ0v) is 9.76. The third-order valence-corrected chi connectivity index (χ3v) is 3.39. The third kappa shape index (κ3) is 3.50. The van der Waals surface area contributed by atoms with Crippen LogP contribution in [0.1, 0.15) is 22.8 Å². The molecule has 0 saturated heterocycles. The van der Waals surface area contributed by atoms with Crippen molar-refractivity contribution in [2.75, 3.05) is 6.54 Å². The SMILES string of the molecule is CC(CN)SCc1ccc(C(=O)O)c(F)c1. The molecule has 0 spiro atoms. The van der Waals surface area contributed by atoms with Crippen LogP contribution in [0, 0.1) is 5.82 Å². The fourth-order valence-corrected chi connectivity index (χ4v) is 1.92. The maximum atomic E-state index is 13.3. The number of hydrogen-bond acceptors (Lipinski definition) is 3. The first-order chi connectivity index (χ1) is 7.54. The number of nitrogens with two attached hydrogens (primary N) is 1. The number of carboxylic acids is 1. The number of hydrogen-bond donors (Lipinski definition) is 2. The van der Waals surface area contributed by atoms with Gasteiger partial charge in [-0.05, 0) is 17.7 Å². The van der Waals surface area contributed by atoms with E-state index in [1.807, 2.05) is 6.92 Å². The van der Waals surface area contributed by atoms with E-state index >= 15 is 0 Å². The smallest absolute Gasteiger partial charge is 0.338 e. The van der Waals surface area contributed by atoms with Gasteiger partial charge < -0.3 is 10.8 Å². The highest BCUT2D eigenvalue weighted by Gasteiger charge is 2.10. The van der Waals surface area contributed by atoms with Gasteiger partial charge in [-0.1, -0.05) is 13.0 Å². The lowest BCUT2D eigenvalue weighted by Gasteiger charge is -2.08. The molecule has 3 N–H and O–H groups in total. The summed E-state index contributed by atoms with van der Waals surface area (Å²) in [5.41, 5.74) is 5.94. The lowest BCUT2D eigenvalue weighted by molar-refractivity contribution is 0.0692. The average molecular weight is 243 g/mol. The van der Waals surface area contributed by atoms with Gasteiger partial charge in [0.2, 0.25) is 0 Å². The Hall–Kier alpha value is -1.07. The topological polar surface area (TPSA) is 63.3 Å². The number of carbonyl (C=O) groups is 1. The summed E-state index contributed by atoms with van der Waals surface area (Å²) in [6.07, 6.45) is 0. The van der Waals surface area contributed by atoms with Crippen LogP contribution in [0.15, 0.2) is 18.2 Å². The molecule has 0 fully saturated rings. The molecule has 5 heteroatoms. The molecule has 0 heterocycles. The monoisotopic (exact) mass is 243 g/mol. The molecule has 0 aliphatic heterocycles. The standard InChI is InChI=1S/C11H14FNO2S/c1-7(5-13)16-6-8-2-3-9(11(14)15)10(12)4-8/h2-4,7H,5-6,13H2,1H3,(H,14,15). The Bertz CT molecular complexity index is 384. The van der Waals surface area contributed by atoms with Gasteiger partial charge in [0.15, 0.2) is 0 Å². The summed E-state index contributed by atoms with van der Waals surface area (Å²) in [6, 6.07) is 4.18. The van der Waals surface area contributed by atoms with Crippen molar-refractivity contribution in [2.45, 2.75) is 17.9 Å². The Labute approximate surface area is 97.8 Å². The Kier molecular flexibility index (Phi) is 4.76. The maximum Gasteiger partial charge on any atom is 0.338 e. The van der Waals surface area contributed by atoms with Crippen LogP contribution in [0.3, 0.4) is 0 Å². The number of halogens is 1. The summed E-state index contributed by atoms with van der Waals surface area (Å²) in [5, 5.41) is 8.96. The van der Waals surface area contributed by atoms with Crippen LogP contribution in [0.25, 0.3) is 0 Å². The van der Waals surface area contributed by atoms with E-state index in [-0.39, 0.29) is 5.56 Å². The molecule has 0 aliphatic carbocycles. The molecule has 3 nitrogen and oxygen atoms in total. The Morgan fingerprint density at radius 3 is 2.81 bits per heavy atom. The predicted molar refractivity (Wildman–Crippen MR) is 63.2 cm³/mol. The number of benzene rings is 1. The Balaban J connectivity index is 2.70. The van der Waals surface area contributed by atoms with Crippen LogP contribution in [0.5, 0.6) is 0 Å². The summed E-state index contributed by atoms with van der Waals surface area (Å²) < 4.78 is 13.3. The summed E-state index contributed by atoms with van der Waals surface area (Å²) in [4.78, 5) is 10.6. The van der Waals surface area contributed by atoms with E-state index in [4.69, 9.17) is 10.8 Å². The van der Waals surface area contributed by atoms with E-state index in [9.17, 15) is 9.18 Å². The maximum absolute atomic E-state index is 13.3. The summed E-state index contributed by atoms with van der Waals surface area (Å²) in [7, 11) is 0. The van der Waals surface area contributed by atoms with Gasteiger partial charge >= 0.3 is 5.97 Å². The van der Waals surface area contributed by atoms with Crippen molar-refractivity contribution in [1.82, 2.24) is 0 Å². The van der Waals surface area contributed by atoms with Crippen LogP contribution in [-0.4, -0.2) is 22.9 Å². The lowest BCUT2D eigenvalue weighted by atomic mass is 10.1. The van der Waals surface area contributed by atoms with Crippen molar-refractivity contribution in [2.24, 2.45) is 5.73 Å². The third-order valence-electron chi connectivity index (χ3n) is 2.13. The highest BCUT2D eigenvalue weighted by Crippen LogP contribution is 2.19. The van der Waals surface area contributed by atoms with Crippen molar-refractivity contribution in [3.05, 3.63) is 35.1 Å². The van der Waals surface area contributed by atoms with Gasteiger partial charge in [-0.2, -0.15) is 11.8 Å². The summed E-state index contributed by atoms with van der Waals surface area (Å²) in [6.45, 7) is 2.56. The molecule has 0 radical (unpaired) electrons. The molecule has 1 aromatic carbocycles. The number of thioether (sulfide) groups is 1. The van der Waals surface area contributed by atoms with Gasteiger partial charge in [-0.15, -0.1) is 0 Å². The van der Waals surface area contributed by atoms with E-state index in [1.54, 1.807) is 17.8 Å². The second-order valence-electron chi connectivity index (χ2n) is 3.48. The molecule has 1 rings (SSSR count). The van der Waals surface area contributed by atoms with Gasteiger partial charge in [0.05, 0.1) is 5.56 Å². The first-order valence-corrected chi connectivity index (χ1v) is 5.93. The quantitative estimate of drug-likeness (QED) is 0.831. The van der Waals surface area contributed by atoms with Crippen LogP contribution < -0.4 is 5.73 Å². The van der Waals surface area contributed by atoms with Crippen LogP contribution in [0.4, 0.5) is 4.39 Å². The molecule has 0 aliphatic rings. The van der Waals surface area contributed by atoms with E-state index in [0.717, 1.165) is 5.56 Å².